The molecule has 0 aromatic heterocycles. The minimum absolute atomic E-state index is 0.0719. The van der Waals surface area contributed by atoms with Crippen LogP contribution in [0.25, 0.3) is 0 Å². The van der Waals surface area contributed by atoms with Gasteiger partial charge in [0.25, 0.3) is 0 Å². The normalized spacial score (nSPS) is 11.8. The van der Waals surface area contributed by atoms with Gasteiger partial charge in [-0.3, -0.25) is 0 Å². The molecule has 1 N–H and O–H groups in total. The lowest BCUT2D eigenvalue weighted by atomic mass is 10.2. The predicted molar refractivity (Wildman–Crippen MR) is 82.8 cm³/mol. The molecule has 106 valence electrons. The third-order valence-electron chi connectivity index (χ3n) is 3.05. The summed E-state index contributed by atoms with van der Waals surface area (Å²) in [5, 5.41) is 3.35. The third-order valence-corrected chi connectivity index (χ3v) is 3.05. The maximum Gasteiger partial charge on any atom is 0.141 e. The van der Waals surface area contributed by atoms with Gasteiger partial charge >= 0.3 is 0 Å². The quantitative estimate of drug-likeness (QED) is 0.864. The van der Waals surface area contributed by atoms with Crippen molar-refractivity contribution in [3.63, 3.8) is 0 Å². The van der Waals surface area contributed by atoms with E-state index in [0.717, 1.165) is 17.2 Å². The molecule has 2 aromatic rings. The predicted octanol–water partition coefficient (Wildman–Crippen LogP) is 3.88. The van der Waals surface area contributed by atoms with Crippen LogP contribution in [0.15, 0.2) is 48.5 Å². The zero-order valence-corrected chi connectivity index (χ0v) is 12.2. The van der Waals surface area contributed by atoms with Crippen molar-refractivity contribution in [3.05, 3.63) is 54.1 Å². The summed E-state index contributed by atoms with van der Waals surface area (Å²) in [5.41, 5.74) is 2.21. The molecule has 1 unspecified atom stereocenters. The van der Waals surface area contributed by atoms with Crippen LogP contribution in [0.3, 0.4) is 0 Å². The van der Waals surface area contributed by atoms with Gasteiger partial charge in [-0.05, 0) is 38.1 Å². The van der Waals surface area contributed by atoms with E-state index < -0.39 is 0 Å². The van der Waals surface area contributed by atoms with Crippen molar-refractivity contribution < 1.29 is 9.47 Å². The van der Waals surface area contributed by atoms with Crippen LogP contribution in [0.2, 0.25) is 0 Å². The Bertz CT molecular complexity index is 537. The van der Waals surface area contributed by atoms with Gasteiger partial charge in [0.2, 0.25) is 0 Å². The third kappa shape index (κ3) is 3.92. The summed E-state index contributed by atoms with van der Waals surface area (Å²) in [7, 11) is 1.67. The van der Waals surface area contributed by atoms with Gasteiger partial charge in [-0.1, -0.05) is 29.8 Å². The number of anilines is 1. The van der Waals surface area contributed by atoms with Crippen molar-refractivity contribution in [2.24, 2.45) is 0 Å². The standard InChI is InChI=1S/C17H21NO2/c1-13-8-10-15(11-9-13)20-14(2)12-18-16-6-4-5-7-17(16)19-3/h4-11,14,18H,12H2,1-3H3. The van der Waals surface area contributed by atoms with E-state index in [4.69, 9.17) is 9.47 Å². The van der Waals surface area contributed by atoms with E-state index >= 15 is 0 Å². The van der Waals surface area contributed by atoms with Gasteiger partial charge in [-0.15, -0.1) is 0 Å². The van der Waals surface area contributed by atoms with Crippen LogP contribution >= 0.6 is 0 Å². The molecule has 0 fully saturated rings. The van der Waals surface area contributed by atoms with Crippen LogP contribution in [-0.4, -0.2) is 19.8 Å². The first kappa shape index (κ1) is 14.3. The second-order valence-electron chi connectivity index (χ2n) is 4.82. The van der Waals surface area contributed by atoms with Gasteiger partial charge in [0, 0.05) is 0 Å². The van der Waals surface area contributed by atoms with Crippen LogP contribution in [-0.2, 0) is 0 Å². The molecule has 0 spiro atoms. The van der Waals surface area contributed by atoms with E-state index in [2.05, 4.69) is 24.4 Å². The average Bonchev–Trinajstić information content (AvgIpc) is 2.48. The molecule has 0 saturated heterocycles. The summed E-state index contributed by atoms with van der Waals surface area (Å²) in [6, 6.07) is 16.0. The van der Waals surface area contributed by atoms with Crippen molar-refractivity contribution in [1.82, 2.24) is 0 Å². The fourth-order valence-corrected chi connectivity index (χ4v) is 1.94. The fraction of sp³-hybridized carbons (Fsp3) is 0.294. The molecule has 2 aromatic carbocycles. The summed E-state index contributed by atoms with van der Waals surface area (Å²) < 4.78 is 11.2. The summed E-state index contributed by atoms with van der Waals surface area (Å²) in [4.78, 5) is 0. The zero-order chi connectivity index (χ0) is 14.4. The van der Waals surface area contributed by atoms with Crippen molar-refractivity contribution in [2.75, 3.05) is 19.0 Å². The van der Waals surface area contributed by atoms with E-state index in [-0.39, 0.29) is 6.10 Å². The van der Waals surface area contributed by atoms with E-state index in [0.29, 0.717) is 6.54 Å². The molecular weight excluding hydrogens is 250 g/mol. The molecule has 0 amide bonds. The molecular formula is C17H21NO2. The van der Waals surface area contributed by atoms with Gasteiger partial charge in [-0.25, -0.2) is 0 Å². The SMILES string of the molecule is COc1ccccc1NCC(C)Oc1ccc(C)cc1. The minimum atomic E-state index is 0.0719. The van der Waals surface area contributed by atoms with Crippen LogP contribution < -0.4 is 14.8 Å². The zero-order valence-electron chi connectivity index (χ0n) is 12.2. The summed E-state index contributed by atoms with van der Waals surface area (Å²) in [6.07, 6.45) is 0.0719. The number of methoxy groups -OCH3 is 1. The maximum absolute atomic E-state index is 5.86. The Labute approximate surface area is 120 Å². The van der Waals surface area contributed by atoms with Crippen LogP contribution in [0.5, 0.6) is 11.5 Å². The molecule has 0 saturated carbocycles. The Morgan fingerprint density at radius 3 is 2.45 bits per heavy atom. The van der Waals surface area contributed by atoms with Crippen LogP contribution in [0.4, 0.5) is 5.69 Å². The number of rotatable bonds is 6. The Morgan fingerprint density at radius 2 is 1.75 bits per heavy atom. The molecule has 0 bridgehead atoms. The van der Waals surface area contributed by atoms with Gasteiger partial charge in [0.1, 0.15) is 17.6 Å². The van der Waals surface area contributed by atoms with E-state index in [1.165, 1.54) is 5.56 Å². The summed E-state index contributed by atoms with van der Waals surface area (Å²) in [6.45, 7) is 4.83. The Balaban J connectivity index is 1.88. The molecule has 1 atom stereocenters. The van der Waals surface area contributed by atoms with Crippen molar-refractivity contribution in [2.45, 2.75) is 20.0 Å². The first-order chi connectivity index (χ1) is 9.69. The first-order valence-electron chi connectivity index (χ1n) is 6.79. The number of hydrogen-bond donors (Lipinski definition) is 1. The average molecular weight is 271 g/mol. The Hall–Kier alpha value is -2.16. The molecule has 0 radical (unpaired) electrons. The van der Waals surface area contributed by atoms with Gasteiger partial charge in [-0.2, -0.15) is 0 Å². The lowest BCUT2D eigenvalue weighted by Gasteiger charge is -2.17. The lowest BCUT2D eigenvalue weighted by molar-refractivity contribution is 0.234. The highest BCUT2D eigenvalue weighted by Gasteiger charge is 2.06. The second kappa shape index (κ2) is 6.85. The van der Waals surface area contributed by atoms with E-state index in [1.807, 2.05) is 43.3 Å². The highest BCUT2D eigenvalue weighted by atomic mass is 16.5. The number of hydrogen-bond acceptors (Lipinski definition) is 3. The number of nitrogens with one attached hydrogen (secondary N) is 1. The molecule has 0 heterocycles. The maximum atomic E-state index is 5.86. The van der Waals surface area contributed by atoms with Crippen molar-refractivity contribution in [1.29, 1.82) is 0 Å². The molecule has 0 aliphatic carbocycles. The number of ether oxygens (including phenoxy) is 2. The van der Waals surface area contributed by atoms with Gasteiger partial charge in [0.05, 0.1) is 19.3 Å². The molecule has 3 heteroatoms. The minimum Gasteiger partial charge on any atom is -0.495 e. The Morgan fingerprint density at radius 1 is 1.05 bits per heavy atom. The summed E-state index contributed by atoms with van der Waals surface area (Å²) in [5.74, 6) is 1.74. The highest BCUT2D eigenvalue weighted by molar-refractivity contribution is 5.56. The number of aryl methyl sites for hydroxylation is 1. The molecule has 2 rings (SSSR count). The molecule has 3 nitrogen and oxygen atoms in total. The second-order valence-corrected chi connectivity index (χ2v) is 4.82. The van der Waals surface area contributed by atoms with E-state index in [9.17, 15) is 0 Å². The van der Waals surface area contributed by atoms with Crippen molar-refractivity contribution >= 4 is 5.69 Å². The fourth-order valence-electron chi connectivity index (χ4n) is 1.94. The summed E-state index contributed by atoms with van der Waals surface area (Å²) >= 11 is 0. The number of para-hydroxylation sites is 2. The molecule has 0 aliphatic rings. The molecule has 20 heavy (non-hydrogen) atoms. The smallest absolute Gasteiger partial charge is 0.141 e. The van der Waals surface area contributed by atoms with E-state index in [1.54, 1.807) is 7.11 Å². The largest absolute Gasteiger partial charge is 0.495 e. The first-order valence-corrected chi connectivity index (χ1v) is 6.79. The number of benzene rings is 2. The van der Waals surface area contributed by atoms with Crippen LogP contribution in [0, 0.1) is 6.92 Å². The monoisotopic (exact) mass is 271 g/mol. The van der Waals surface area contributed by atoms with Crippen molar-refractivity contribution in [3.8, 4) is 11.5 Å². The van der Waals surface area contributed by atoms with Gasteiger partial charge < -0.3 is 14.8 Å². The lowest BCUT2D eigenvalue weighted by Crippen LogP contribution is -2.22. The molecule has 0 aliphatic heterocycles. The van der Waals surface area contributed by atoms with Crippen LogP contribution in [0.1, 0.15) is 12.5 Å². The topological polar surface area (TPSA) is 30.5 Å². The van der Waals surface area contributed by atoms with Gasteiger partial charge in [0.15, 0.2) is 0 Å². The highest BCUT2D eigenvalue weighted by Crippen LogP contribution is 2.23. The Kier molecular flexibility index (Phi) is 4.88.